The molecule has 2 nitrogen and oxygen atoms in total. The number of hydrogen-bond acceptors (Lipinski definition) is 2. The molecule has 0 N–H and O–H groups in total. The minimum Gasteiger partial charge on any atom is -0.459 e. The Morgan fingerprint density at radius 3 is 1.64 bits per heavy atom. The normalized spacial score (nSPS) is 10.9. The van der Waals surface area contributed by atoms with Gasteiger partial charge in [0.15, 0.2) is 0 Å². The highest BCUT2D eigenvalue weighted by molar-refractivity contribution is 5.81. The number of ether oxygens (including phenoxy) is 1. The van der Waals surface area contributed by atoms with Crippen molar-refractivity contribution in [2.24, 2.45) is 0 Å². The number of esters is 1. The molecule has 0 aliphatic carbocycles. The molecule has 22 heavy (non-hydrogen) atoms. The number of hydrogen-bond donors (Lipinski definition) is 0. The highest BCUT2D eigenvalue weighted by atomic mass is 16.5. The van der Waals surface area contributed by atoms with Crippen LogP contribution < -0.4 is 0 Å². The van der Waals surface area contributed by atoms with Crippen molar-refractivity contribution in [3.05, 3.63) is 12.7 Å². The van der Waals surface area contributed by atoms with Crippen LogP contribution in [0.2, 0.25) is 0 Å². The lowest BCUT2D eigenvalue weighted by molar-refractivity contribution is -0.143. The van der Waals surface area contributed by atoms with Gasteiger partial charge in [-0.2, -0.15) is 0 Å². The third kappa shape index (κ3) is 14.2. The van der Waals surface area contributed by atoms with Crippen LogP contribution in [0.3, 0.4) is 0 Å². The standard InChI is InChI=1S/C20H38O2/c1-4-7-9-11-13-15-17-19(22-20(21)6-3)18-16-14-12-10-8-5-2/h6,19H,3-5,7-18H2,1-2H3. The van der Waals surface area contributed by atoms with Gasteiger partial charge in [0.2, 0.25) is 0 Å². The number of carbonyl (C=O) groups is 1. The third-order valence-corrected chi connectivity index (χ3v) is 4.21. The smallest absolute Gasteiger partial charge is 0.330 e. The molecule has 0 aromatic carbocycles. The van der Waals surface area contributed by atoms with Gasteiger partial charge in [0.1, 0.15) is 6.10 Å². The second-order valence-corrected chi connectivity index (χ2v) is 6.38. The minimum atomic E-state index is -0.262. The second-order valence-electron chi connectivity index (χ2n) is 6.38. The van der Waals surface area contributed by atoms with Crippen LogP contribution >= 0.6 is 0 Å². The fourth-order valence-corrected chi connectivity index (χ4v) is 2.78. The predicted molar refractivity (Wildman–Crippen MR) is 96.1 cm³/mol. The Morgan fingerprint density at radius 2 is 1.23 bits per heavy atom. The summed E-state index contributed by atoms with van der Waals surface area (Å²) < 4.78 is 5.50. The summed E-state index contributed by atoms with van der Waals surface area (Å²) in [4.78, 5) is 11.4. The Bertz CT molecular complexity index is 244. The zero-order valence-electron chi connectivity index (χ0n) is 15.1. The largest absolute Gasteiger partial charge is 0.459 e. The summed E-state index contributed by atoms with van der Waals surface area (Å²) in [5.41, 5.74) is 0. The van der Waals surface area contributed by atoms with E-state index in [2.05, 4.69) is 20.4 Å². The first-order valence-corrected chi connectivity index (χ1v) is 9.57. The van der Waals surface area contributed by atoms with Gasteiger partial charge < -0.3 is 4.74 Å². The van der Waals surface area contributed by atoms with E-state index in [1.807, 2.05) is 0 Å². The summed E-state index contributed by atoms with van der Waals surface area (Å²) >= 11 is 0. The van der Waals surface area contributed by atoms with Crippen LogP contribution in [0.25, 0.3) is 0 Å². The summed E-state index contributed by atoms with van der Waals surface area (Å²) in [6.07, 6.45) is 18.9. The van der Waals surface area contributed by atoms with Gasteiger partial charge in [-0.1, -0.05) is 84.6 Å². The molecule has 0 atom stereocenters. The van der Waals surface area contributed by atoms with Gasteiger partial charge in [0.05, 0.1) is 0 Å². The second kappa shape index (κ2) is 16.6. The van der Waals surface area contributed by atoms with Gasteiger partial charge in [0, 0.05) is 6.08 Å². The van der Waals surface area contributed by atoms with E-state index >= 15 is 0 Å². The SMILES string of the molecule is C=CC(=O)OC(CCCCCCCC)CCCCCCCC. The summed E-state index contributed by atoms with van der Waals surface area (Å²) in [6.45, 7) is 7.98. The van der Waals surface area contributed by atoms with E-state index in [9.17, 15) is 4.79 Å². The van der Waals surface area contributed by atoms with Crippen molar-refractivity contribution < 1.29 is 9.53 Å². The van der Waals surface area contributed by atoms with E-state index in [0.717, 1.165) is 12.8 Å². The number of carbonyl (C=O) groups excluding carboxylic acids is 1. The summed E-state index contributed by atoms with van der Waals surface area (Å²) in [5, 5.41) is 0. The molecular formula is C20H38O2. The van der Waals surface area contributed by atoms with Crippen LogP contribution in [-0.4, -0.2) is 12.1 Å². The maximum absolute atomic E-state index is 11.4. The molecule has 0 aliphatic rings. The van der Waals surface area contributed by atoms with Gasteiger partial charge in [-0.15, -0.1) is 0 Å². The van der Waals surface area contributed by atoms with Gasteiger partial charge >= 0.3 is 5.97 Å². The topological polar surface area (TPSA) is 26.3 Å². The van der Waals surface area contributed by atoms with Gasteiger partial charge in [-0.05, 0) is 25.7 Å². The highest BCUT2D eigenvalue weighted by Crippen LogP contribution is 2.17. The Balaban J connectivity index is 3.79. The first-order valence-electron chi connectivity index (χ1n) is 9.57. The highest BCUT2D eigenvalue weighted by Gasteiger charge is 2.12. The van der Waals surface area contributed by atoms with E-state index in [1.54, 1.807) is 0 Å². The van der Waals surface area contributed by atoms with Crippen LogP contribution in [-0.2, 0) is 9.53 Å². The van der Waals surface area contributed by atoms with Crippen molar-refractivity contribution >= 4 is 5.97 Å². The quantitative estimate of drug-likeness (QED) is 0.183. The maximum atomic E-state index is 11.4. The van der Waals surface area contributed by atoms with Crippen molar-refractivity contribution in [1.29, 1.82) is 0 Å². The van der Waals surface area contributed by atoms with Crippen molar-refractivity contribution in [2.45, 2.75) is 110 Å². The zero-order chi connectivity index (χ0) is 16.5. The molecule has 0 radical (unpaired) electrons. The van der Waals surface area contributed by atoms with Crippen molar-refractivity contribution in [3.8, 4) is 0 Å². The van der Waals surface area contributed by atoms with E-state index in [-0.39, 0.29) is 12.1 Å². The van der Waals surface area contributed by atoms with Crippen LogP contribution in [0.5, 0.6) is 0 Å². The summed E-state index contributed by atoms with van der Waals surface area (Å²) in [6, 6.07) is 0. The molecule has 0 aliphatic heterocycles. The van der Waals surface area contributed by atoms with Gasteiger partial charge in [-0.25, -0.2) is 4.79 Å². The van der Waals surface area contributed by atoms with Crippen LogP contribution in [0.4, 0.5) is 0 Å². The summed E-state index contributed by atoms with van der Waals surface area (Å²) in [7, 11) is 0. The maximum Gasteiger partial charge on any atom is 0.330 e. The Hall–Kier alpha value is -0.790. The van der Waals surface area contributed by atoms with Crippen LogP contribution in [0.1, 0.15) is 104 Å². The lowest BCUT2D eigenvalue weighted by Gasteiger charge is -2.17. The molecule has 0 aromatic rings. The van der Waals surface area contributed by atoms with Gasteiger partial charge in [-0.3, -0.25) is 0 Å². The van der Waals surface area contributed by atoms with Crippen molar-refractivity contribution in [3.63, 3.8) is 0 Å². The van der Waals surface area contributed by atoms with E-state index < -0.39 is 0 Å². The minimum absolute atomic E-state index is 0.0999. The lowest BCUT2D eigenvalue weighted by atomic mass is 10.0. The monoisotopic (exact) mass is 310 g/mol. The lowest BCUT2D eigenvalue weighted by Crippen LogP contribution is -2.16. The predicted octanol–water partition coefficient (Wildman–Crippen LogP) is 6.59. The van der Waals surface area contributed by atoms with E-state index in [1.165, 1.54) is 83.1 Å². The molecule has 0 fully saturated rings. The molecular weight excluding hydrogens is 272 g/mol. The molecule has 0 heterocycles. The Kier molecular flexibility index (Phi) is 16.0. The molecule has 130 valence electrons. The molecule has 0 rings (SSSR count). The molecule has 0 saturated carbocycles. The average molecular weight is 311 g/mol. The third-order valence-electron chi connectivity index (χ3n) is 4.21. The molecule has 0 aromatic heterocycles. The summed E-state index contributed by atoms with van der Waals surface area (Å²) in [5.74, 6) is -0.262. The Morgan fingerprint density at radius 1 is 0.818 bits per heavy atom. The fraction of sp³-hybridized carbons (Fsp3) is 0.850. The van der Waals surface area contributed by atoms with E-state index in [4.69, 9.17) is 4.74 Å². The van der Waals surface area contributed by atoms with Crippen LogP contribution in [0.15, 0.2) is 12.7 Å². The molecule has 0 spiro atoms. The molecule has 0 amide bonds. The number of unbranched alkanes of at least 4 members (excludes halogenated alkanes) is 10. The molecule has 2 heteroatoms. The van der Waals surface area contributed by atoms with Crippen molar-refractivity contribution in [2.75, 3.05) is 0 Å². The van der Waals surface area contributed by atoms with Crippen molar-refractivity contribution in [1.82, 2.24) is 0 Å². The molecule has 0 unspecified atom stereocenters. The number of rotatable bonds is 16. The fourth-order valence-electron chi connectivity index (χ4n) is 2.78. The van der Waals surface area contributed by atoms with E-state index in [0.29, 0.717) is 0 Å². The Labute approximate surface area is 138 Å². The van der Waals surface area contributed by atoms with Crippen LogP contribution in [0, 0.1) is 0 Å². The zero-order valence-corrected chi connectivity index (χ0v) is 15.1. The molecule has 0 bridgehead atoms. The molecule has 0 saturated heterocycles. The average Bonchev–Trinajstić information content (AvgIpc) is 2.53. The van der Waals surface area contributed by atoms with Gasteiger partial charge in [0.25, 0.3) is 0 Å². The first-order chi connectivity index (χ1) is 10.7. The first kappa shape index (κ1) is 21.2.